The summed E-state index contributed by atoms with van der Waals surface area (Å²) >= 11 is 5.92. The van der Waals surface area contributed by atoms with Gasteiger partial charge in [-0.05, 0) is 42.5 Å². The summed E-state index contributed by atoms with van der Waals surface area (Å²) in [6.07, 6.45) is 9.40. The molecule has 29 heavy (non-hydrogen) atoms. The Hall–Kier alpha value is -2.40. The van der Waals surface area contributed by atoms with Gasteiger partial charge in [-0.1, -0.05) is 49.6 Å². The fraction of sp³-hybridized carbons (Fsp3) is 0.435. The van der Waals surface area contributed by atoms with Crippen LogP contribution in [-0.2, 0) is 16.0 Å². The van der Waals surface area contributed by atoms with Crippen LogP contribution < -0.4 is 5.32 Å². The minimum Gasteiger partial charge on any atom is -0.351 e. The number of carbonyl (C=O) groups excluding carboxylic acids is 2. The number of carbonyl (C=O) groups is 2. The lowest BCUT2D eigenvalue weighted by atomic mass is 9.94. The van der Waals surface area contributed by atoms with Crippen molar-refractivity contribution in [1.82, 2.24) is 15.2 Å². The maximum atomic E-state index is 13.3. The zero-order valence-corrected chi connectivity index (χ0v) is 17.4. The number of nitrogens with zero attached hydrogens (tertiary/aromatic N) is 2. The highest BCUT2D eigenvalue weighted by molar-refractivity contribution is 6.27. The Morgan fingerprint density at radius 2 is 1.76 bits per heavy atom. The molecule has 1 N–H and O–H groups in total. The van der Waals surface area contributed by atoms with E-state index in [2.05, 4.69) is 10.3 Å². The third-order valence-corrected chi connectivity index (χ3v) is 5.68. The smallest absolute Gasteiger partial charge is 0.247 e. The second-order valence-corrected chi connectivity index (χ2v) is 7.75. The van der Waals surface area contributed by atoms with Gasteiger partial charge in [0.25, 0.3) is 0 Å². The number of aromatic nitrogens is 1. The van der Waals surface area contributed by atoms with Crippen LogP contribution in [0.3, 0.4) is 0 Å². The van der Waals surface area contributed by atoms with Crippen LogP contribution in [0.25, 0.3) is 0 Å². The maximum Gasteiger partial charge on any atom is 0.247 e. The molecule has 1 fully saturated rings. The van der Waals surface area contributed by atoms with Crippen molar-refractivity contribution in [1.29, 1.82) is 0 Å². The molecule has 1 heterocycles. The molecule has 2 amide bonds. The van der Waals surface area contributed by atoms with Gasteiger partial charge in [-0.15, -0.1) is 11.6 Å². The molecule has 1 atom stereocenters. The predicted molar refractivity (Wildman–Crippen MR) is 115 cm³/mol. The average molecular weight is 414 g/mol. The summed E-state index contributed by atoms with van der Waals surface area (Å²) in [7, 11) is 0. The quantitative estimate of drug-likeness (QED) is 0.668. The fourth-order valence-corrected chi connectivity index (χ4v) is 4.07. The summed E-state index contributed by atoms with van der Waals surface area (Å²) < 4.78 is 0. The molecule has 1 aromatic heterocycles. The van der Waals surface area contributed by atoms with E-state index < -0.39 is 6.04 Å². The van der Waals surface area contributed by atoms with Gasteiger partial charge in [0.2, 0.25) is 11.8 Å². The lowest BCUT2D eigenvalue weighted by Crippen LogP contribution is -2.48. The van der Waals surface area contributed by atoms with Gasteiger partial charge in [0, 0.05) is 25.0 Å². The van der Waals surface area contributed by atoms with E-state index in [1.807, 2.05) is 30.3 Å². The normalized spacial score (nSPS) is 15.5. The maximum absolute atomic E-state index is 13.3. The number of hydrogen-bond acceptors (Lipinski definition) is 3. The van der Waals surface area contributed by atoms with Crippen molar-refractivity contribution in [2.24, 2.45) is 0 Å². The van der Waals surface area contributed by atoms with E-state index in [4.69, 9.17) is 11.6 Å². The second kappa shape index (κ2) is 11.0. The highest BCUT2D eigenvalue weighted by Crippen LogP contribution is 2.24. The van der Waals surface area contributed by atoms with Crippen molar-refractivity contribution in [2.45, 2.75) is 50.6 Å². The topological polar surface area (TPSA) is 62.3 Å². The molecule has 1 unspecified atom stereocenters. The molecule has 0 aliphatic heterocycles. The summed E-state index contributed by atoms with van der Waals surface area (Å²) in [4.78, 5) is 31.7. The largest absolute Gasteiger partial charge is 0.351 e. The number of halogens is 1. The first-order valence-corrected chi connectivity index (χ1v) is 10.8. The molecular weight excluding hydrogens is 386 g/mol. The van der Waals surface area contributed by atoms with E-state index in [1.54, 1.807) is 29.4 Å². The number of pyridine rings is 1. The molecule has 5 nitrogen and oxygen atoms in total. The van der Waals surface area contributed by atoms with Crippen LogP contribution in [0.2, 0.25) is 0 Å². The van der Waals surface area contributed by atoms with Gasteiger partial charge in [0.15, 0.2) is 0 Å². The van der Waals surface area contributed by atoms with Crippen LogP contribution in [0.4, 0.5) is 0 Å². The van der Waals surface area contributed by atoms with E-state index in [0.717, 1.165) is 36.8 Å². The Balaban J connectivity index is 1.83. The molecule has 1 aromatic carbocycles. The standard InChI is InChI=1S/C23H28ClN3O2/c24-17-21(28)27(16-13-18-7-3-1-4-8-18)22(19-11-14-25-15-12-19)23(29)26-20-9-5-2-6-10-20/h1,3-4,7-8,11-12,14-15,20,22H,2,5-6,9-10,13,16-17H2,(H,26,29). The van der Waals surface area contributed by atoms with Gasteiger partial charge in [0.05, 0.1) is 0 Å². The van der Waals surface area contributed by atoms with E-state index in [9.17, 15) is 9.59 Å². The zero-order valence-electron chi connectivity index (χ0n) is 16.6. The van der Waals surface area contributed by atoms with Gasteiger partial charge in [-0.3, -0.25) is 14.6 Å². The molecule has 3 rings (SSSR count). The zero-order chi connectivity index (χ0) is 20.5. The number of rotatable bonds is 8. The van der Waals surface area contributed by atoms with Gasteiger partial charge in [0.1, 0.15) is 11.9 Å². The number of amides is 2. The van der Waals surface area contributed by atoms with E-state index in [-0.39, 0.29) is 23.7 Å². The number of alkyl halides is 1. The van der Waals surface area contributed by atoms with Crippen molar-refractivity contribution in [2.75, 3.05) is 12.4 Å². The van der Waals surface area contributed by atoms with Crippen LogP contribution in [0.5, 0.6) is 0 Å². The van der Waals surface area contributed by atoms with Crippen LogP contribution in [0.1, 0.15) is 49.3 Å². The monoisotopic (exact) mass is 413 g/mol. The molecule has 0 saturated heterocycles. The predicted octanol–water partition coefficient (Wildman–Crippen LogP) is 3.88. The first-order valence-electron chi connectivity index (χ1n) is 10.3. The molecule has 1 aliphatic rings. The van der Waals surface area contributed by atoms with Crippen molar-refractivity contribution in [3.63, 3.8) is 0 Å². The minimum absolute atomic E-state index is 0.144. The Morgan fingerprint density at radius 3 is 2.41 bits per heavy atom. The first kappa shape index (κ1) is 21.3. The Kier molecular flexibility index (Phi) is 8.05. The molecule has 1 saturated carbocycles. The second-order valence-electron chi connectivity index (χ2n) is 7.48. The van der Waals surface area contributed by atoms with E-state index in [0.29, 0.717) is 13.0 Å². The summed E-state index contributed by atoms with van der Waals surface area (Å²) in [5.74, 6) is -0.551. The summed E-state index contributed by atoms with van der Waals surface area (Å²) in [6, 6.07) is 13.0. The lowest BCUT2D eigenvalue weighted by Gasteiger charge is -2.33. The van der Waals surface area contributed by atoms with E-state index in [1.165, 1.54) is 6.42 Å². The van der Waals surface area contributed by atoms with E-state index >= 15 is 0 Å². The molecule has 0 bridgehead atoms. The third-order valence-electron chi connectivity index (χ3n) is 5.45. The summed E-state index contributed by atoms with van der Waals surface area (Å²) in [5, 5.41) is 3.18. The van der Waals surface area contributed by atoms with Gasteiger partial charge >= 0.3 is 0 Å². The molecular formula is C23H28ClN3O2. The lowest BCUT2D eigenvalue weighted by molar-refractivity contribution is -0.139. The van der Waals surface area contributed by atoms with Crippen LogP contribution in [0, 0.1) is 0 Å². The first-order chi connectivity index (χ1) is 14.2. The molecule has 0 spiro atoms. The number of benzene rings is 1. The number of hydrogen-bond donors (Lipinski definition) is 1. The summed E-state index contributed by atoms with van der Waals surface area (Å²) in [6.45, 7) is 0.417. The molecule has 154 valence electrons. The molecule has 1 aliphatic carbocycles. The highest BCUT2D eigenvalue weighted by atomic mass is 35.5. The van der Waals surface area contributed by atoms with Crippen molar-refractivity contribution >= 4 is 23.4 Å². The SMILES string of the molecule is O=C(NC1CCCCC1)C(c1ccncc1)N(CCc1ccccc1)C(=O)CCl. The summed E-state index contributed by atoms with van der Waals surface area (Å²) in [5.41, 5.74) is 1.86. The molecule has 0 radical (unpaired) electrons. The number of nitrogens with one attached hydrogen (secondary N) is 1. The highest BCUT2D eigenvalue weighted by Gasteiger charge is 2.32. The fourth-order valence-electron chi connectivity index (χ4n) is 3.91. The Labute approximate surface area is 177 Å². The van der Waals surface area contributed by atoms with Gasteiger partial charge < -0.3 is 10.2 Å². The Bertz CT molecular complexity index is 779. The minimum atomic E-state index is -0.713. The van der Waals surface area contributed by atoms with Crippen molar-refractivity contribution < 1.29 is 9.59 Å². The van der Waals surface area contributed by atoms with Crippen LogP contribution in [0.15, 0.2) is 54.9 Å². The molecule has 2 aromatic rings. The Morgan fingerprint density at radius 1 is 1.07 bits per heavy atom. The van der Waals surface area contributed by atoms with Gasteiger partial charge in [-0.2, -0.15) is 0 Å². The van der Waals surface area contributed by atoms with Crippen LogP contribution in [-0.4, -0.2) is 40.2 Å². The van der Waals surface area contributed by atoms with Gasteiger partial charge in [-0.25, -0.2) is 0 Å². The molecule has 6 heteroatoms. The van der Waals surface area contributed by atoms with Crippen molar-refractivity contribution in [3.8, 4) is 0 Å². The third kappa shape index (κ3) is 6.04. The average Bonchev–Trinajstić information content (AvgIpc) is 2.78. The van der Waals surface area contributed by atoms with Crippen LogP contribution >= 0.6 is 11.6 Å². The van der Waals surface area contributed by atoms with Crippen molar-refractivity contribution in [3.05, 3.63) is 66.0 Å².